The van der Waals surface area contributed by atoms with Crippen molar-refractivity contribution in [1.82, 2.24) is 5.32 Å². The zero-order valence-electron chi connectivity index (χ0n) is 12.1. The fraction of sp³-hybridized carbons (Fsp3) is 0.0588. The van der Waals surface area contributed by atoms with Crippen molar-refractivity contribution < 1.29 is 9.59 Å². The van der Waals surface area contributed by atoms with Gasteiger partial charge < -0.3 is 10.6 Å². The SMILES string of the molecule is O=C(NCc1ccc(C(=O)c2ccsc2)s1)Nc1ccccc1. The number of para-hydroxylation sites is 1. The number of amides is 2. The Kier molecular flexibility index (Phi) is 4.85. The smallest absolute Gasteiger partial charge is 0.319 e. The Labute approximate surface area is 141 Å². The van der Waals surface area contributed by atoms with E-state index in [9.17, 15) is 9.59 Å². The van der Waals surface area contributed by atoms with Gasteiger partial charge in [0, 0.05) is 21.5 Å². The Morgan fingerprint density at radius 2 is 1.83 bits per heavy atom. The first-order chi connectivity index (χ1) is 11.2. The minimum absolute atomic E-state index is 0.0243. The van der Waals surface area contributed by atoms with E-state index < -0.39 is 0 Å². The lowest BCUT2D eigenvalue weighted by Gasteiger charge is -2.06. The molecule has 0 saturated carbocycles. The van der Waals surface area contributed by atoms with Crippen molar-refractivity contribution in [3.63, 3.8) is 0 Å². The van der Waals surface area contributed by atoms with E-state index >= 15 is 0 Å². The topological polar surface area (TPSA) is 58.2 Å². The van der Waals surface area contributed by atoms with Crippen LogP contribution in [0.15, 0.2) is 59.3 Å². The lowest BCUT2D eigenvalue weighted by Crippen LogP contribution is -2.27. The third-order valence-corrected chi connectivity index (χ3v) is 4.89. The third kappa shape index (κ3) is 4.06. The summed E-state index contributed by atoms with van der Waals surface area (Å²) in [5.41, 5.74) is 1.45. The zero-order chi connectivity index (χ0) is 16.1. The van der Waals surface area contributed by atoms with Crippen LogP contribution < -0.4 is 10.6 Å². The Bertz CT molecular complexity index is 795. The second-order valence-electron chi connectivity index (χ2n) is 4.78. The van der Waals surface area contributed by atoms with Gasteiger partial charge in [-0.05, 0) is 35.7 Å². The standard InChI is InChI=1S/C17H14N2O2S2/c20-16(12-8-9-22-11-12)15-7-6-14(23-15)10-18-17(21)19-13-4-2-1-3-5-13/h1-9,11H,10H2,(H2,18,19,21). The van der Waals surface area contributed by atoms with Gasteiger partial charge in [-0.3, -0.25) is 4.79 Å². The Morgan fingerprint density at radius 3 is 2.57 bits per heavy atom. The number of carbonyl (C=O) groups excluding carboxylic acids is 2. The first-order valence-corrected chi connectivity index (χ1v) is 8.74. The molecule has 0 saturated heterocycles. The molecule has 2 N–H and O–H groups in total. The molecule has 0 unspecified atom stereocenters. The molecule has 2 amide bonds. The molecule has 2 heterocycles. The van der Waals surface area contributed by atoms with Crippen LogP contribution in [0.5, 0.6) is 0 Å². The summed E-state index contributed by atoms with van der Waals surface area (Å²) in [6.45, 7) is 0.389. The molecule has 0 aliphatic heterocycles. The molecule has 0 fully saturated rings. The quantitative estimate of drug-likeness (QED) is 0.677. The van der Waals surface area contributed by atoms with E-state index in [-0.39, 0.29) is 11.8 Å². The maximum Gasteiger partial charge on any atom is 0.319 e. The van der Waals surface area contributed by atoms with Crippen molar-refractivity contribution in [2.45, 2.75) is 6.54 Å². The second-order valence-corrected chi connectivity index (χ2v) is 6.73. The van der Waals surface area contributed by atoms with Gasteiger partial charge in [-0.15, -0.1) is 11.3 Å². The summed E-state index contributed by atoms with van der Waals surface area (Å²) in [6.07, 6.45) is 0. The van der Waals surface area contributed by atoms with Gasteiger partial charge in [0.2, 0.25) is 5.78 Å². The van der Waals surface area contributed by atoms with Crippen LogP contribution in [-0.2, 0) is 6.54 Å². The van der Waals surface area contributed by atoms with Crippen LogP contribution in [0.25, 0.3) is 0 Å². The van der Waals surface area contributed by atoms with Crippen molar-refractivity contribution in [3.8, 4) is 0 Å². The molecule has 0 spiro atoms. The number of urea groups is 1. The summed E-state index contributed by atoms with van der Waals surface area (Å²) >= 11 is 2.90. The van der Waals surface area contributed by atoms with E-state index in [1.807, 2.05) is 53.2 Å². The van der Waals surface area contributed by atoms with Gasteiger partial charge in [-0.1, -0.05) is 18.2 Å². The molecule has 0 aliphatic carbocycles. The molecule has 1 aromatic carbocycles. The first kappa shape index (κ1) is 15.5. The average Bonchev–Trinajstić information content (AvgIpc) is 3.25. The van der Waals surface area contributed by atoms with Crippen LogP contribution in [0.4, 0.5) is 10.5 Å². The highest BCUT2D eigenvalue weighted by atomic mass is 32.1. The maximum atomic E-state index is 12.2. The van der Waals surface area contributed by atoms with Gasteiger partial charge in [-0.25, -0.2) is 4.79 Å². The largest absolute Gasteiger partial charge is 0.333 e. The number of nitrogens with one attached hydrogen (secondary N) is 2. The summed E-state index contributed by atoms with van der Waals surface area (Å²) in [7, 11) is 0. The van der Waals surface area contributed by atoms with Crippen LogP contribution >= 0.6 is 22.7 Å². The summed E-state index contributed by atoms with van der Waals surface area (Å²) in [6, 6.07) is 14.5. The highest BCUT2D eigenvalue weighted by Crippen LogP contribution is 2.21. The number of ketones is 1. The van der Waals surface area contributed by atoms with Gasteiger partial charge in [0.15, 0.2) is 0 Å². The van der Waals surface area contributed by atoms with Crippen LogP contribution in [0.2, 0.25) is 0 Å². The molecule has 116 valence electrons. The fourth-order valence-electron chi connectivity index (χ4n) is 2.00. The highest BCUT2D eigenvalue weighted by Gasteiger charge is 2.12. The molecule has 2 aromatic heterocycles. The number of carbonyl (C=O) groups is 2. The first-order valence-electron chi connectivity index (χ1n) is 6.98. The second kappa shape index (κ2) is 7.21. The number of hydrogen-bond acceptors (Lipinski definition) is 4. The van der Waals surface area contributed by atoms with Crippen molar-refractivity contribution in [1.29, 1.82) is 0 Å². The molecule has 4 nitrogen and oxygen atoms in total. The van der Waals surface area contributed by atoms with Crippen LogP contribution in [0.1, 0.15) is 20.1 Å². The molecule has 3 aromatic rings. The van der Waals surface area contributed by atoms with Crippen LogP contribution in [0.3, 0.4) is 0 Å². The highest BCUT2D eigenvalue weighted by molar-refractivity contribution is 7.14. The molecule has 0 aliphatic rings. The van der Waals surface area contributed by atoms with E-state index in [4.69, 9.17) is 0 Å². The summed E-state index contributed by atoms with van der Waals surface area (Å²) in [5, 5.41) is 9.27. The molecular formula is C17H14N2O2S2. The molecule has 3 rings (SSSR count). The molecule has 0 radical (unpaired) electrons. The Morgan fingerprint density at radius 1 is 1.00 bits per heavy atom. The fourth-order valence-corrected chi connectivity index (χ4v) is 3.54. The minimum Gasteiger partial charge on any atom is -0.333 e. The molecule has 23 heavy (non-hydrogen) atoms. The van der Waals surface area contributed by atoms with E-state index in [2.05, 4.69) is 10.6 Å². The Hall–Kier alpha value is -2.44. The number of benzene rings is 1. The third-order valence-electron chi connectivity index (χ3n) is 3.12. The molecular weight excluding hydrogens is 328 g/mol. The van der Waals surface area contributed by atoms with Crippen molar-refractivity contribution in [2.75, 3.05) is 5.32 Å². The van der Waals surface area contributed by atoms with E-state index in [0.29, 0.717) is 17.0 Å². The summed E-state index contributed by atoms with van der Waals surface area (Å²) in [4.78, 5) is 25.7. The minimum atomic E-state index is -0.268. The molecule has 0 bridgehead atoms. The average molecular weight is 342 g/mol. The lowest BCUT2D eigenvalue weighted by molar-refractivity contribution is 0.104. The van der Waals surface area contributed by atoms with Crippen LogP contribution in [-0.4, -0.2) is 11.8 Å². The Balaban J connectivity index is 1.55. The van der Waals surface area contributed by atoms with E-state index in [0.717, 1.165) is 10.6 Å². The maximum absolute atomic E-state index is 12.2. The van der Waals surface area contributed by atoms with E-state index in [1.165, 1.54) is 22.7 Å². The summed E-state index contributed by atoms with van der Waals surface area (Å²) < 4.78 is 0. The predicted molar refractivity (Wildman–Crippen MR) is 94.4 cm³/mol. The van der Waals surface area contributed by atoms with Gasteiger partial charge in [-0.2, -0.15) is 11.3 Å². The monoisotopic (exact) mass is 342 g/mol. The van der Waals surface area contributed by atoms with Crippen molar-refractivity contribution in [2.24, 2.45) is 0 Å². The van der Waals surface area contributed by atoms with Gasteiger partial charge in [0.05, 0.1) is 11.4 Å². The van der Waals surface area contributed by atoms with E-state index in [1.54, 1.807) is 6.07 Å². The lowest BCUT2D eigenvalue weighted by atomic mass is 10.2. The number of rotatable bonds is 5. The predicted octanol–water partition coefficient (Wildman–Crippen LogP) is 4.36. The number of anilines is 1. The van der Waals surface area contributed by atoms with Crippen LogP contribution in [0, 0.1) is 0 Å². The summed E-state index contributed by atoms with van der Waals surface area (Å²) in [5.74, 6) is 0.0243. The molecule has 0 atom stereocenters. The van der Waals surface area contributed by atoms with Gasteiger partial charge in [0.1, 0.15) is 0 Å². The molecule has 6 heteroatoms. The van der Waals surface area contributed by atoms with Gasteiger partial charge >= 0.3 is 6.03 Å². The van der Waals surface area contributed by atoms with Crippen molar-refractivity contribution >= 4 is 40.2 Å². The number of thiophene rings is 2. The zero-order valence-corrected chi connectivity index (χ0v) is 13.7. The van der Waals surface area contributed by atoms with Gasteiger partial charge in [0.25, 0.3) is 0 Å². The van der Waals surface area contributed by atoms with Crippen molar-refractivity contribution in [3.05, 3.63) is 74.6 Å². The normalized spacial score (nSPS) is 10.3. The number of hydrogen-bond donors (Lipinski definition) is 2.